The van der Waals surface area contributed by atoms with E-state index in [9.17, 15) is 0 Å². The molecule has 0 saturated heterocycles. The van der Waals surface area contributed by atoms with E-state index >= 15 is 0 Å². The fraction of sp³-hybridized carbons (Fsp3) is 0.200. The second-order valence-electron chi connectivity index (χ2n) is 4.18. The first-order valence-corrected chi connectivity index (χ1v) is 7.82. The number of halogens is 2. The maximum atomic E-state index is 5.25. The van der Waals surface area contributed by atoms with Crippen molar-refractivity contribution in [1.82, 2.24) is 0 Å². The quantitative estimate of drug-likeness (QED) is 0.685. The Bertz CT molecular complexity index is 542. The molecule has 100 valence electrons. The van der Waals surface area contributed by atoms with Crippen molar-refractivity contribution in [2.24, 2.45) is 0 Å². The summed E-state index contributed by atoms with van der Waals surface area (Å²) in [6, 6.07) is 14.7. The number of ether oxygens (including phenoxy) is 1. The Balaban J connectivity index is 2.10. The predicted octanol–water partition coefficient (Wildman–Crippen LogP) is 4.81. The fourth-order valence-electron chi connectivity index (χ4n) is 1.81. The topological polar surface area (TPSA) is 21.3 Å². The van der Waals surface area contributed by atoms with E-state index in [-0.39, 0.29) is 0 Å². The van der Waals surface area contributed by atoms with Gasteiger partial charge >= 0.3 is 0 Å². The largest absolute Gasteiger partial charge is 0.381 e. The second-order valence-corrected chi connectivity index (χ2v) is 6.28. The lowest BCUT2D eigenvalue weighted by molar-refractivity contribution is 0.185. The molecule has 0 aliphatic carbocycles. The molecule has 19 heavy (non-hydrogen) atoms. The number of methoxy groups -OCH3 is 1. The minimum Gasteiger partial charge on any atom is -0.381 e. The summed E-state index contributed by atoms with van der Waals surface area (Å²) < 4.78 is 7.57. The molecule has 0 aliphatic heterocycles. The van der Waals surface area contributed by atoms with Crippen LogP contribution in [0.1, 0.15) is 11.1 Å². The Kier molecular flexibility index (Phi) is 5.66. The number of nitrogens with one attached hydrogen (secondary N) is 1. The highest BCUT2D eigenvalue weighted by Gasteiger charge is 2.06. The maximum Gasteiger partial charge on any atom is 0.0744 e. The van der Waals surface area contributed by atoms with Crippen molar-refractivity contribution in [1.29, 1.82) is 0 Å². The Morgan fingerprint density at radius 3 is 2.58 bits per heavy atom. The van der Waals surface area contributed by atoms with Crippen LogP contribution in [0.5, 0.6) is 0 Å². The van der Waals surface area contributed by atoms with Gasteiger partial charge in [0.05, 0.1) is 6.61 Å². The average Bonchev–Trinajstić information content (AvgIpc) is 2.41. The van der Waals surface area contributed by atoms with Crippen molar-refractivity contribution in [2.75, 3.05) is 12.4 Å². The molecule has 0 unspecified atom stereocenters. The highest BCUT2D eigenvalue weighted by Crippen LogP contribution is 2.26. The van der Waals surface area contributed by atoms with E-state index in [2.05, 4.69) is 74.2 Å². The van der Waals surface area contributed by atoms with Gasteiger partial charge in [-0.25, -0.2) is 0 Å². The number of hydrogen-bond donors (Lipinski definition) is 1. The lowest BCUT2D eigenvalue weighted by Crippen LogP contribution is -2.03. The summed E-state index contributed by atoms with van der Waals surface area (Å²) in [7, 11) is 1.71. The summed E-state index contributed by atoms with van der Waals surface area (Å²) in [5, 5.41) is 3.46. The lowest BCUT2D eigenvalue weighted by Gasteiger charge is -2.13. The molecular formula is C15H15BrINO. The third-order valence-electron chi connectivity index (χ3n) is 2.80. The van der Waals surface area contributed by atoms with Gasteiger partial charge in [-0.1, -0.05) is 34.1 Å². The van der Waals surface area contributed by atoms with Gasteiger partial charge in [0, 0.05) is 32.9 Å². The molecule has 0 bridgehead atoms. The summed E-state index contributed by atoms with van der Waals surface area (Å²) in [5.41, 5.74) is 3.52. The minimum absolute atomic E-state index is 0.594. The van der Waals surface area contributed by atoms with E-state index in [0.717, 1.165) is 22.3 Å². The van der Waals surface area contributed by atoms with E-state index in [1.54, 1.807) is 7.11 Å². The van der Waals surface area contributed by atoms with Crippen LogP contribution in [0.2, 0.25) is 0 Å². The van der Waals surface area contributed by atoms with E-state index in [4.69, 9.17) is 4.74 Å². The van der Waals surface area contributed by atoms with Crippen LogP contribution in [0.25, 0.3) is 0 Å². The minimum atomic E-state index is 0.594. The summed E-state index contributed by atoms with van der Waals surface area (Å²) in [5.74, 6) is 0. The number of rotatable bonds is 5. The highest BCUT2D eigenvalue weighted by atomic mass is 127. The van der Waals surface area contributed by atoms with E-state index < -0.39 is 0 Å². The van der Waals surface area contributed by atoms with Crippen LogP contribution in [-0.2, 0) is 17.9 Å². The van der Waals surface area contributed by atoms with Crippen LogP contribution >= 0.6 is 38.5 Å². The molecule has 2 nitrogen and oxygen atoms in total. The van der Waals surface area contributed by atoms with Crippen molar-refractivity contribution >= 4 is 44.2 Å². The first kappa shape index (κ1) is 14.8. The van der Waals surface area contributed by atoms with Crippen LogP contribution in [-0.4, -0.2) is 7.11 Å². The number of benzene rings is 2. The van der Waals surface area contributed by atoms with Crippen molar-refractivity contribution in [3.8, 4) is 0 Å². The van der Waals surface area contributed by atoms with Gasteiger partial charge in [0.2, 0.25) is 0 Å². The van der Waals surface area contributed by atoms with Crippen molar-refractivity contribution < 1.29 is 4.74 Å². The van der Waals surface area contributed by atoms with Gasteiger partial charge in [-0.05, 0) is 52.4 Å². The van der Waals surface area contributed by atoms with Gasteiger partial charge in [0.15, 0.2) is 0 Å². The smallest absolute Gasteiger partial charge is 0.0744 e. The molecule has 0 fully saturated rings. The number of anilines is 1. The third-order valence-corrected chi connectivity index (χ3v) is 4.27. The molecule has 1 N–H and O–H groups in total. The molecule has 0 spiro atoms. The van der Waals surface area contributed by atoms with E-state index in [1.807, 2.05) is 12.1 Å². The lowest BCUT2D eigenvalue weighted by atomic mass is 10.1. The molecule has 2 aromatic rings. The second kappa shape index (κ2) is 7.26. The fourth-order valence-corrected chi connectivity index (χ4v) is 2.66. The van der Waals surface area contributed by atoms with Crippen LogP contribution < -0.4 is 5.32 Å². The van der Waals surface area contributed by atoms with Crippen LogP contribution in [0.3, 0.4) is 0 Å². The Morgan fingerprint density at radius 1 is 1.16 bits per heavy atom. The van der Waals surface area contributed by atoms with E-state index in [1.165, 1.54) is 9.13 Å². The molecule has 0 saturated carbocycles. The monoisotopic (exact) mass is 431 g/mol. The molecule has 4 heteroatoms. The van der Waals surface area contributed by atoms with E-state index in [0.29, 0.717) is 6.61 Å². The molecule has 2 rings (SSSR count). The van der Waals surface area contributed by atoms with Crippen molar-refractivity contribution in [3.63, 3.8) is 0 Å². The van der Waals surface area contributed by atoms with Crippen LogP contribution in [0.4, 0.5) is 5.69 Å². The summed E-state index contributed by atoms with van der Waals surface area (Å²) in [6.07, 6.45) is 0. The maximum absolute atomic E-state index is 5.25. The summed E-state index contributed by atoms with van der Waals surface area (Å²) in [4.78, 5) is 0. The van der Waals surface area contributed by atoms with Gasteiger partial charge in [-0.3, -0.25) is 0 Å². The molecular weight excluding hydrogens is 417 g/mol. The van der Waals surface area contributed by atoms with Crippen LogP contribution in [0.15, 0.2) is 46.9 Å². The zero-order valence-corrected chi connectivity index (χ0v) is 14.4. The molecule has 0 radical (unpaired) electrons. The summed E-state index contributed by atoms with van der Waals surface area (Å²) in [6.45, 7) is 1.40. The van der Waals surface area contributed by atoms with Gasteiger partial charge in [-0.15, -0.1) is 0 Å². The van der Waals surface area contributed by atoms with Gasteiger partial charge in [0.25, 0.3) is 0 Å². The first-order chi connectivity index (χ1) is 9.20. The Hall–Kier alpha value is -0.590. The Morgan fingerprint density at radius 2 is 1.89 bits per heavy atom. The van der Waals surface area contributed by atoms with Crippen LogP contribution in [0, 0.1) is 3.57 Å². The van der Waals surface area contributed by atoms with Crippen molar-refractivity contribution in [2.45, 2.75) is 13.2 Å². The first-order valence-electron chi connectivity index (χ1n) is 5.95. The molecule has 0 aromatic heterocycles. The number of hydrogen-bond acceptors (Lipinski definition) is 2. The zero-order chi connectivity index (χ0) is 13.7. The predicted molar refractivity (Wildman–Crippen MR) is 91.3 cm³/mol. The van der Waals surface area contributed by atoms with Gasteiger partial charge in [-0.2, -0.15) is 0 Å². The molecule has 0 atom stereocenters. The Labute approximate surface area is 135 Å². The van der Waals surface area contributed by atoms with Crippen molar-refractivity contribution in [3.05, 3.63) is 61.6 Å². The molecule has 0 amide bonds. The standard InChI is InChI=1S/C15H15BrINO/c1-19-10-13-14(16)3-2-4-15(13)18-9-11-5-7-12(17)8-6-11/h2-8,18H,9-10H2,1H3. The summed E-state index contributed by atoms with van der Waals surface area (Å²) >= 11 is 5.88. The molecule has 0 aliphatic rings. The van der Waals surface area contributed by atoms with Gasteiger partial charge in [0.1, 0.15) is 0 Å². The zero-order valence-electron chi connectivity index (χ0n) is 10.6. The average molecular weight is 432 g/mol. The highest BCUT2D eigenvalue weighted by molar-refractivity contribution is 14.1. The normalized spacial score (nSPS) is 10.5. The molecule has 0 heterocycles. The third kappa shape index (κ3) is 4.19. The van der Waals surface area contributed by atoms with Gasteiger partial charge < -0.3 is 10.1 Å². The molecule has 2 aromatic carbocycles. The SMILES string of the molecule is COCc1c(Br)cccc1NCc1ccc(I)cc1.